The van der Waals surface area contributed by atoms with Crippen molar-refractivity contribution in [3.8, 4) is 5.75 Å². The summed E-state index contributed by atoms with van der Waals surface area (Å²) >= 11 is 0. The van der Waals surface area contributed by atoms with Crippen LogP contribution < -0.4 is 26.2 Å². The zero-order valence-electron chi connectivity index (χ0n) is 12.5. The molecule has 2 rings (SSSR count). The molecule has 0 saturated heterocycles. The van der Waals surface area contributed by atoms with Crippen LogP contribution in [0.15, 0.2) is 12.1 Å². The molecule has 0 atom stereocenters. The lowest BCUT2D eigenvalue weighted by Gasteiger charge is -2.37. The van der Waals surface area contributed by atoms with Gasteiger partial charge in [0, 0.05) is 6.92 Å². The fourth-order valence-corrected chi connectivity index (χ4v) is 1.95. The van der Waals surface area contributed by atoms with Gasteiger partial charge in [-0.3, -0.25) is 30.1 Å². The van der Waals surface area contributed by atoms with Gasteiger partial charge >= 0.3 is 0 Å². The van der Waals surface area contributed by atoms with Crippen LogP contribution in [0.25, 0.3) is 0 Å². The molecule has 1 aliphatic heterocycles. The van der Waals surface area contributed by atoms with Crippen LogP contribution in [0.4, 0.5) is 11.6 Å². The molecule has 9 nitrogen and oxygen atoms in total. The minimum Gasteiger partial charge on any atom is -0.474 e. The van der Waals surface area contributed by atoms with Gasteiger partial charge in [0.15, 0.2) is 17.2 Å². The van der Waals surface area contributed by atoms with E-state index in [-0.39, 0.29) is 18.2 Å². The zero-order chi connectivity index (χ0) is 16.5. The van der Waals surface area contributed by atoms with Gasteiger partial charge in [-0.25, -0.2) is 4.98 Å². The zero-order valence-corrected chi connectivity index (χ0v) is 12.5. The van der Waals surface area contributed by atoms with Crippen molar-refractivity contribution in [1.82, 2.24) is 15.8 Å². The summed E-state index contributed by atoms with van der Waals surface area (Å²) in [6, 6.07) is 3.13. The summed E-state index contributed by atoms with van der Waals surface area (Å²) in [5.74, 6) is -0.715. The van der Waals surface area contributed by atoms with Gasteiger partial charge in [0.05, 0.1) is 0 Å². The summed E-state index contributed by atoms with van der Waals surface area (Å²) < 4.78 is 5.59. The molecule has 0 spiro atoms. The van der Waals surface area contributed by atoms with E-state index in [0.717, 1.165) is 0 Å². The number of carbonyl (C=O) groups excluding carboxylic acids is 3. The van der Waals surface area contributed by atoms with Crippen molar-refractivity contribution >= 4 is 29.4 Å². The van der Waals surface area contributed by atoms with Crippen molar-refractivity contribution < 1.29 is 19.1 Å². The minimum atomic E-state index is -1.14. The van der Waals surface area contributed by atoms with E-state index >= 15 is 0 Å². The summed E-state index contributed by atoms with van der Waals surface area (Å²) in [4.78, 5) is 40.3. The summed E-state index contributed by atoms with van der Waals surface area (Å²) in [7, 11) is 0. The number of anilines is 2. The molecule has 0 radical (unpaired) electrons. The van der Waals surface area contributed by atoms with Gasteiger partial charge in [-0.1, -0.05) is 0 Å². The van der Waals surface area contributed by atoms with Gasteiger partial charge in [-0.2, -0.15) is 0 Å². The highest BCUT2D eigenvalue weighted by atomic mass is 16.5. The van der Waals surface area contributed by atoms with Crippen molar-refractivity contribution in [2.45, 2.75) is 26.4 Å². The fourth-order valence-electron chi connectivity index (χ4n) is 1.95. The van der Waals surface area contributed by atoms with E-state index in [0.29, 0.717) is 5.75 Å². The number of pyridine rings is 1. The van der Waals surface area contributed by atoms with Crippen molar-refractivity contribution in [3.63, 3.8) is 0 Å². The van der Waals surface area contributed by atoms with E-state index in [1.807, 2.05) is 0 Å². The predicted molar refractivity (Wildman–Crippen MR) is 77.7 cm³/mol. The lowest BCUT2D eigenvalue weighted by atomic mass is 10.1. The first-order valence-electron chi connectivity index (χ1n) is 6.53. The van der Waals surface area contributed by atoms with E-state index in [2.05, 4.69) is 15.8 Å². The number of nitrogens with two attached hydrogens (primary N) is 1. The first-order chi connectivity index (χ1) is 10.2. The summed E-state index contributed by atoms with van der Waals surface area (Å²) in [6.45, 7) is 4.11. The summed E-state index contributed by atoms with van der Waals surface area (Å²) in [5.41, 5.74) is 8.83. The first kappa shape index (κ1) is 15.5. The van der Waals surface area contributed by atoms with Crippen LogP contribution in [0.3, 0.4) is 0 Å². The Balaban J connectivity index is 2.28. The molecule has 1 aromatic heterocycles. The number of nitrogen functional groups attached to an aromatic ring is 1. The maximum absolute atomic E-state index is 12.4. The fraction of sp³-hybridized carbons (Fsp3) is 0.385. The molecule has 1 aliphatic rings. The Labute approximate surface area is 126 Å². The highest BCUT2D eigenvalue weighted by Crippen LogP contribution is 2.36. The molecule has 9 heteroatoms. The normalized spacial score (nSPS) is 15.6. The van der Waals surface area contributed by atoms with Gasteiger partial charge in [-0.15, -0.1) is 0 Å². The van der Waals surface area contributed by atoms with Crippen LogP contribution >= 0.6 is 0 Å². The van der Waals surface area contributed by atoms with Gasteiger partial charge in [0.25, 0.3) is 11.8 Å². The Kier molecular flexibility index (Phi) is 3.89. The van der Waals surface area contributed by atoms with Crippen LogP contribution in [0.1, 0.15) is 20.8 Å². The monoisotopic (exact) mass is 307 g/mol. The Morgan fingerprint density at radius 2 is 2.05 bits per heavy atom. The quantitative estimate of drug-likeness (QED) is 0.622. The van der Waals surface area contributed by atoms with Crippen molar-refractivity contribution in [1.29, 1.82) is 0 Å². The van der Waals surface area contributed by atoms with E-state index < -0.39 is 23.3 Å². The lowest BCUT2D eigenvalue weighted by molar-refractivity contribution is -0.134. The SMILES string of the molecule is CC(=O)NNC(=O)CN1C(=O)C(C)(C)Oc2ccc(N)nc21. The number of fused-ring (bicyclic) bond motifs is 1. The maximum atomic E-state index is 12.4. The van der Waals surface area contributed by atoms with Gasteiger partial charge in [0.2, 0.25) is 5.91 Å². The third kappa shape index (κ3) is 3.08. The van der Waals surface area contributed by atoms with Crippen LogP contribution in [0.5, 0.6) is 5.75 Å². The van der Waals surface area contributed by atoms with Gasteiger partial charge < -0.3 is 10.5 Å². The predicted octanol–water partition coefficient (Wildman–Crippen LogP) is -0.665. The Bertz CT molecular complexity index is 643. The molecule has 0 bridgehead atoms. The number of amides is 3. The molecular weight excluding hydrogens is 290 g/mol. The molecule has 0 aromatic carbocycles. The second-order valence-electron chi connectivity index (χ2n) is 5.29. The Morgan fingerprint density at radius 3 is 2.68 bits per heavy atom. The number of nitrogens with one attached hydrogen (secondary N) is 2. The number of nitrogens with zero attached hydrogens (tertiary/aromatic N) is 2. The lowest BCUT2D eigenvalue weighted by Crippen LogP contribution is -2.56. The van der Waals surface area contributed by atoms with Crippen LogP contribution in [0.2, 0.25) is 0 Å². The first-order valence-corrected chi connectivity index (χ1v) is 6.53. The topological polar surface area (TPSA) is 127 Å². The Hall–Kier alpha value is -2.84. The molecule has 1 aromatic rings. The van der Waals surface area contributed by atoms with Crippen molar-refractivity contribution in [2.24, 2.45) is 0 Å². The van der Waals surface area contributed by atoms with Crippen LogP contribution in [0, 0.1) is 0 Å². The third-order valence-corrected chi connectivity index (χ3v) is 2.92. The average molecular weight is 307 g/mol. The minimum absolute atomic E-state index is 0.169. The molecule has 2 heterocycles. The van der Waals surface area contributed by atoms with Crippen molar-refractivity contribution in [3.05, 3.63) is 12.1 Å². The standard InChI is InChI=1S/C13H17N5O4/c1-7(19)16-17-10(20)6-18-11-8(4-5-9(14)15-11)22-13(2,3)12(18)21/h4-5H,6H2,1-3H3,(H2,14,15)(H,16,19)(H,17,20). The van der Waals surface area contributed by atoms with Crippen LogP contribution in [-0.2, 0) is 14.4 Å². The molecule has 0 aliphatic carbocycles. The molecule has 118 valence electrons. The number of aromatic nitrogens is 1. The highest BCUT2D eigenvalue weighted by molar-refractivity contribution is 6.05. The number of ether oxygens (including phenoxy) is 1. The number of carbonyl (C=O) groups is 3. The van der Waals surface area contributed by atoms with E-state index in [1.54, 1.807) is 26.0 Å². The number of hydrogen-bond acceptors (Lipinski definition) is 6. The Morgan fingerprint density at radius 1 is 1.36 bits per heavy atom. The number of hydrazine groups is 1. The average Bonchev–Trinajstić information content (AvgIpc) is 2.42. The third-order valence-electron chi connectivity index (χ3n) is 2.92. The van der Waals surface area contributed by atoms with Crippen molar-refractivity contribution in [2.75, 3.05) is 17.2 Å². The smallest absolute Gasteiger partial charge is 0.272 e. The molecular formula is C13H17N5O4. The molecule has 3 amide bonds. The molecule has 4 N–H and O–H groups in total. The second-order valence-corrected chi connectivity index (χ2v) is 5.29. The van der Waals surface area contributed by atoms with Gasteiger partial charge in [0.1, 0.15) is 12.4 Å². The largest absolute Gasteiger partial charge is 0.474 e. The van der Waals surface area contributed by atoms with Gasteiger partial charge in [-0.05, 0) is 26.0 Å². The highest BCUT2D eigenvalue weighted by Gasteiger charge is 2.42. The second kappa shape index (κ2) is 5.51. The summed E-state index contributed by atoms with van der Waals surface area (Å²) in [6.07, 6.45) is 0. The van der Waals surface area contributed by atoms with E-state index in [1.165, 1.54) is 11.8 Å². The number of rotatable bonds is 2. The molecule has 0 fully saturated rings. The summed E-state index contributed by atoms with van der Waals surface area (Å²) in [5, 5.41) is 0. The van der Waals surface area contributed by atoms with E-state index in [4.69, 9.17) is 10.5 Å². The number of hydrogen-bond donors (Lipinski definition) is 3. The molecule has 0 saturated carbocycles. The maximum Gasteiger partial charge on any atom is 0.272 e. The van der Waals surface area contributed by atoms with E-state index in [9.17, 15) is 14.4 Å². The molecule has 0 unspecified atom stereocenters. The molecule has 22 heavy (non-hydrogen) atoms. The van der Waals surface area contributed by atoms with Crippen LogP contribution in [-0.4, -0.2) is 34.9 Å².